The first-order chi connectivity index (χ1) is 9.49. The number of hydrogen-bond acceptors (Lipinski definition) is 2. The molecule has 0 amide bonds. The van der Waals surface area contributed by atoms with Crippen LogP contribution in [-0.4, -0.2) is 14.1 Å². The number of anilines is 2. The van der Waals surface area contributed by atoms with Gasteiger partial charge in [0, 0.05) is 37.6 Å². The van der Waals surface area contributed by atoms with Crippen molar-refractivity contribution in [2.24, 2.45) is 0 Å². The van der Waals surface area contributed by atoms with Gasteiger partial charge in [0.25, 0.3) is 0 Å². The fraction of sp³-hybridized carbons (Fsp3) is 0.250. The van der Waals surface area contributed by atoms with Gasteiger partial charge in [-0.05, 0) is 30.7 Å². The Bertz CT molecular complexity index is 611. The molecular weight excluding hydrogens is 275 g/mol. The summed E-state index contributed by atoms with van der Waals surface area (Å²) in [6.45, 7) is 2.47. The summed E-state index contributed by atoms with van der Waals surface area (Å²) in [5, 5.41) is 3.38. The van der Waals surface area contributed by atoms with E-state index < -0.39 is 0 Å². The molecule has 1 N–H and O–H groups in total. The molecular formula is C16H18ClFN2. The second kappa shape index (κ2) is 6.14. The lowest BCUT2D eigenvalue weighted by Crippen LogP contribution is -2.11. The van der Waals surface area contributed by atoms with Crippen molar-refractivity contribution < 1.29 is 4.39 Å². The SMILES string of the molecule is Cc1ccc(NCc2cccc(Cl)c2F)cc1N(C)C. The van der Waals surface area contributed by atoms with Gasteiger partial charge >= 0.3 is 0 Å². The minimum Gasteiger partial charge on any atom is -0.381 e. The topological polar surface area (TPSA) is 15.3 Å². The molecule has 2 aromatic carbocycles. The van der Waals surface area contributed by atoms with Gasteiger partial charge in [-0.25, -0.2) is 4.39 Å². The number of benzene rings is 2. The Labute approximate surface area is 124 Å². The summed E-state index contributed by atoms with van der Waals surface area (Å²) in [6, 6.07) is 11.1. The van der Waals surface area contributed by atoms with Crippen LogP contribution in [0.15, 0.2) is 36.4 Å². The Balaban J connectivity index is 2.15. The molecule has 0 saturated heterocycles. The molecule has 2 nitrogen and oxygen atoms in total. The summed E-state index contributed by atoms with van der Waals surface area (Å²) >= 11 is 5.77. The average Bonchev–Trinajstić information content (AvgIpc) is 2.41. The fourth-order valence-electron chi connectivity index (χ4n) is 2.08. The zero-order valence-corrected chi connectivity index (χ0v) is 12.6. The Morgan fingerprint density at radius 2 is 1.95 bits per heavy atom. The molecule has 106 valence electrons. The molecule has 4 heteroatoms. The molecule has 0 aromatic heterocycles. The van der Waals surface area contributed by atoms with E-state index in [2.05, 4.69) is 23.2 Å². The van der Waals surface area contributed by atoms with Gasteiger partial charge in [0.2, 0.25) is 0 Å². The number of halogens is 2. The quantitative estimate of drug-likeness (QED) is 0.894. The molecule has 0 heterocycles. The van der Waals surface area contributed by atoms with Gasteiger partial charge in [0.05, 0.1) is 5.02 Å². The van der Waals surface area contributed by atoms with Crippen LogP contribution in [0.1, 0.15) is 11.1 Å². The number of rotatable bonds is 4. The van der Waals surface area contributed by atoms with Gasteiger partial charge in [-0.2, -0.15) is 0 Å². The second-order valence-electron chi connectivity index (χ2n) is 4.96. The van der Waals surface area contributed by atoms with Gasteiger partial charge in [-0.15, -0.1) is 0 Å². The zero-order chi connectivity index (χ0) is 14.7. The zero-order valence-electron chi connectivity index (χ0n) is 11.9. The van der Waals surface area contributed by atoms with Crippen LogP contribution in [0.2, 0.25) is 5.02 Å². The van der Waals surface area contributed by atoms with Crippen molar-refractivity contribution in [3.05, 3.63) is 58.4 Å². The van der Waals surface area contributed by atoms with Crippen molar-refractivity contribution in [3.63, 3.8) is 0 Å². The Hall–Kier alpha value is -1.74. The van der Waals surface area contributed by atoms with Crippen molar-refractivity contribution in [3.8, 4) is 0 Å². The maximum Gasteiger partial charge on any atom is 0.146 e. The highest BCUT2D eigenvalue weighted by atomic mass is 35.5. The van der Waals surface area contributed by atoms with E-state index in [1.54, 1.807) is 18.2 Å². The third kappa shape index (κ3) is 3.23. The molecule has 0 aliphatic rings. The van der Waals surface area contributed by atoms with Gasteiger partial charge in [-0.3, -0.25) is 0 Å². The number of hydrogen-bond donors (Lipinski definition) is 1. The molecule has 0 spiro atoms. The van der Waals surface area contributed by atoms with Crippen LogP contribution in [0, 0.1) is 12.7 Å². The summed E-state index contributed by atoms with van der Waals surface area (Å²) in [5.41, 5.74) is 3.86. The lowest BCUT2D eigenvalue weighted by atomic mass is 10.1. The predicted molar refractivity (Wildman–Crippen MR) is 84.2 cm³/mol. The maximum absolute atomic E-state index is 13.8. The minimum atomic E-state index is -0.360. The molecule has 0 radical (unpaired) electrons. The molecule has 0 atom stereocenters. The summed E-state index contributed by atoms with van der Waals surface area (Å²) in [4.78, 5) is 2.06. The van der Waals surface area contributed by atoms with E-state index in [4.69, 9.17) is 11.6 Å². The minimum absolute atomic E-state index is 0.155. The predicted octanol–water partition coefficient (Wildman–Crippen LogP) is 4.47. The van der Waals surface area contributed by atoms with Crippen LogP contribution >= 0.6 is 11.6 Å². The summed E-state index contributed by atoms with van der Waals surface area (Å²) in [7, 11) is 4.01. The lowest BCUT2D eigenvalue weighted by Gasteiger charge is -2.17. The summed E-state index contributed by atoms with van der Waals surface area (Å²) < 4.78 is 13.8. The van der Waals surface area contributed by atoms with Crippen LogP contribution in [-0.2, 0) is 6.54 Å². The first kappa shape index (κ1) is 14.7. The van der Waals surface area contributed by atoms with Gasteiger partial charge in [0.1, 0.15) is 5.82 Å². The highest BCUT2D eigenvalue weighted by Crippen LogP contribution is 2.24. The number of aryl methyl sites for hydroxylation is 1. The van der Waals surface area contributed by atoms with E-state index in [-0.39, 0.29) is 10.8 Å². The van der Waals surface area contributed by atoms with Gasteiger partial charge in [-0.1, -0.05) is 29.8 Å². The van der Waals surface area contributed by atoms with E-state index in [9.17, 15) is 4.39 Å². The Morgan fingerprint density at radius 3 is 2.65 bits per heavy atom. The van der Waals surface area contributed by atoms with Crippen LogP contribution in [0.25, 0.3) is 0 Å². The van der Waals surface area contributed by atoms with Crippen molar-refractivity contribution in [1.82, 2.24) is 0 Å². The van der Waals surface area contributed by atoms with Crippen molar-refractivity contribution >= 4 is 23.0 Å². The van der Waals surface area contributed by atoms with E-state index in [0.29, 0.717) is 12.1 Å². The van der Waals surface area contributed by atoms with Crippen molar-refractivity contribution in [2.75, 3.05) is 24.3 Å². The van der Waals surface area contributed by atoms with Crippen LogP contribution in [0.4, 0.5) is 15.8 Å². The van der Waals surface area contributed by atoms with E-state index in [0.717, 1.165) is 11.4 Å². The molecule has 0 aliphatic carbocycles. The lowest BCUT2D eigenvalue weighted by molar-refractivity contribution is 0.613. The first-order valence-electron chi connectivity index (χ1n) is 6.44. The molecule has 0 saturated carbocycles. The van der Waals surface area contributed by atoms with Crippen LogP contribution in [0.5, 0.6) is 0 Å². The number of nitrogens with zero attached hydrogens (tertiary/aromatic N) is 1. The molecule has 20 heavy (non-hydrogen) atoms. The Kier molecular flexibility index (Phi) is 4.50. The molecule has 0 unspecified atom stereocenters. The fourth-order valence-corrected chi connectivity index (χ4v) is 2.28. The van der Waals surface area contributed by atoms with Crippen LogP contribution < -0.4 is 10.2 Å². The molecule has 2 aromatic rings. The van der Waals surface area contributed by atoms with E-state index in [1.807, 2.05) is 26.2 Å². The van der Waals surface area contributed by atoms with Crippen molar-refractivity contribution in [1.29, 1.82) is 0 Å². The molecule has 0 bridgehead atoms. The maximum atomic E-state index is 13.8. The molecule has 0 aliphatic heterocycles. The average molecular weight is 293 g/mol. The smallest absolute Gasteiger partial charge is 0.146 e. The molecule has 0 fully saturated rings. The third-order valence-electron chi connectivity index (χ3n) is 3.21. The summed E-state index contributed by atoms with van der Waals surface area (Å²) in [5.74, 6) is -0.360. The van der Waals surface area contributed by atoms with Gasteiger partial charge < -0.3 is 10.2 Å². The van der Waals surface area contributed by atoms with Crippen molar-refractivity contribution in [2.45, 2.75) is 13.5 Å². The molecule has 2 rings (SSSR count). The highest BCUT2D eigenvalue weighted by Gasteiger charge is 2.07. The summed E-state index contributed by atoms with van der Waals surface area (Å²) in [6.07, 6.45) is 0. The Morgan fingerprint density at radius 1 is 1.20 bits per heavy atom. The highest BCUT2D eigenvalue weighted by molar-refractivity contribution is 6.30. The number of nitrogens with one attached hydrogen (secondary N) is 1. The van der Waals surface area contributed by atoms with E-state index >= 15 is 0 Å². The standard InChI is InChI=1S/C16H18ClFN2/c1-11-7-8-13(9-15(11)20(2)3)19-10-12-5-4-6-14(17)16(12)18/h4-9,19H,10H2,1-3H3. The monoisotopic (exact) mass is 292 g/mol. The van der Waals surface area contributed by atoms with Gasteiger partial charge in [0.15, 0.2) is 0 Å². The third-order valence-corrected chi connectivity index (χ3v) is 3.50. The van der Waals surface area contributed by atoms with Crippen LogP contribution in [0.3, 0.4) is 0 Å². The van der Waals surface area contributed by atoms with E-state index in [1.165, 1.54) is 5.56 Å². The second-order valence-corrected chi connectivity index (χ2v) is 5.37. The largest absolute Gasteiger partial charge is 0.381 e. The first-order valence-corrected chi connectivity index (χ1v) is 6.81. The normalized spacial score (nSPS) is 10.4.